The van der Waals surface area contributed by atoms with Gasteiger partial charge in [0.15, 0.2) is 5.65 Å². The Hall–Kier alpha value is -2.36. The molecule has 102 valence electrons. The normalized spacial score (nSPS) is 11.2. The van der Waals surface area contributed by atoms with Crippen LogP contribution in [-0.4, -0.2) is 14.6 Å². The smallest absolute Gasteiger partial charge is 0.272 e. The SMILES string of the molecule is CCc1cc(=O)n2[nH]c(C)c(-c3ccc(C)cc3)c2n1. The maximum absolute atomic E-state index is 12.1. The lowest BCUT2D eigenvalue weighted by Crippen LogP contribution is -2.15. The number of aromatic nitrogens is 3. The van der Waals surface area contributed by atoms with Gasteiger partial charge in [-0.2, -0.15) is 0 Å². The Morgan fingerprint density at radius 3 is 2.55 bits per heavy atom. The van der Waals surface area contributed by atoms with Crippen molar-refractivity contribution in [1.82, 2.24) is 14.6 Å². The predicted octanol–water partition coefficient (Wildman–Crippen LogP) is 2.87. The molecule has 1 N–H and O–H groups in total. The van der Waals surface area contributed by atoms with E-state index in [4.69, 9.17) is 0 Å². The van der Waals surface area contributed by atoms with Crippen LogP contribution in [0, 0.1) is 13.8 Å². The van der Waals surface area contributed by atoms with E-state index in [0.717, 1.165) is 28.9 Å². The van der Waals surface area contributed by atoms with Crippen LogP contribution in [0.2, 0.25) is 0 Å². The quantitative estimate of drug-likeness (QED) is 0.776. The van der Waals surface area contributed by atoms with Crippen LogP contribution in [-0.2, 0) is 6.42 Å². The molecule has 4 heteroatoms. The molecule has 0 unspecified atom stereocenters. The van der Waals surface area contributed by atoms with Crippen LogP contribution in [0.4, 0.5) is 0 Å². The van der Waals surface area contributed by atoms with Gasteiger partial charge in [0.2, 0.25) is 0 Å². The summed E-state index contributed by atoms with van der Waals surface area (Å²) in [5.74, 6) is 0. The number of aromatic amines is 1. The first-order valence-electron chi connectivity index (χ1n) is 6.78. The van der Waals surface area contributed by atoms with Crippen LogP contribution >= 0.6 is 0 Å². The molecule has 0 aliphatic carbocycles. The lowest BCUT2D eigenvalue weighted by atomic mass is 10.0. The third-order valence-corrected chi connectivity index (χ3v) is 3.55. The minimum atomic E-state index is -0.0617. The monoisotopic (exact) mass is 267 g/mol. The highest BCUT2D eigenvalue weighted by molar-refractivity contribution is 5.79. The van der Waals surface area contributed by atoms with E-state index in [1.165, 1.54) is 10.1 Å². The van der Waals surface area contributed by atoms with Gasteiger partial charge in [-0.25, -0.2) is 9.50 Å². The van der Waals surface area contributed by atoms with Crippen LogP contribution in [0.15, 0.2) is 35.1 Å². The van der Waals surface area contributed by atoms with Crippen molar-refractivity contribution in [3.05, 3.63) is 57.6 Å². The first-order valence-corrected chi connectivity index (χ1v) is 6.78. The number of nitrogens with one attached hydrogen (secondary N) is 1. The van der Waals surface area contributed by atoms with Crippen molar-refractivity contribution in [3.8, 4) is 11.1 Å². The average Bonchev–Trinajstić information content (AvgIpc) is 2.77. The number of hydrogen-bond acceptors (Lipinski definition) is 2. The Balaban J connectivity index is 2.34. The Labute approximate surface area is 117 Å². The molecule has 0 amide bonds. The summed E-state index contributed by atoms with van der Waals surface area (Å²) in [5.41, 5.74) is 5.70. The number of fused-ring (bicyclic) bond motifs is 1. The Bertz CT molecular complexity index is 825. The molecule has 0 fully saturated rings. The molecule has 0 aliphatic rings. The first-order chi connectivity index (χ1) is 9.60. The average molecular weight is 267 g/mol. The van der Waals surface area contributed by atoms with E-state index in [2.05, 4.69) is 41.3 Å². The maximum atomic E-state index is 12.1. The molecule has 0 saturated heterocycles. The summed E-state index contributed by atoms with van der Waals surface area (Å²) < 4.78 is 1.52. The fourth-order valence-corrected chi connectivity index (χ4v) is 2.44. The van der Waals surface area contributed by atoms with Gasteiger partial charge in [-0.1, -0.05) is 36.8 Å². The third kappa shape index (κ3) is 1.93. The van der Waals surface area contributed by atoms with Gasteiger partial charge in [-0.3, -0.25) is 9.89 Å². The summed E-state index contributed by atoms with van der Waals surface area (Å²) in [6, 6.07) is 9.86. The van der Waals surface area contributed by atoms with Crippen molar-refractivity contribution in [2.75, 3.05) is 0 Å². The van der Waals surface area contributed by atoms with Gasteiger partial charge in [-0.15, -0.1) is 0 Å². The van der Waals surface area contributed by atoms with E-state index in [0.29, 0.717) is 5.65 Å². The molecule has 0 radical (unpaired) electrons. The van der Waals surface area contributed by atoms with Crippen LogP contribution < -0.4 is 5.56 Å². The standard InChI is InChI=1S/C16H17N3O/c1-4-13-9-14(20)19-16(17-13)15(11(3)18-19)12-7-5-10(2)6-8-12/h5-9,18H,4H2,1-3H3. The second-order valence-electron chi connectivity index (χ2n) is 5.08. The molecule has 2 aromatic heterocycles. The van der Waals surface area contributed by atoms with Crippen molar-refractivity contribution in [3.63, 3.8) is 0 Å². The number of H-pyrrole nitrogens is 1. The fraction of sp³-hybridized carbons (Fsp3) is 0.250. The van der Waals surface area contributed by atoms with Gasteiger partial charge in [-0.05, 0) is 25.8 Å². The van der Waals surface area contributed by atoms with Gasteiger partial charge in [0, 0.05) is 23.0 Å². The highest BCUT2D eigenvalue weighted by atomic mass is 16.1. The minimum absolute atomic E-state index is 0.0617. The van der Waals surface area contributed by atoms with Gasteiger partial charge in [0.05, 0.1) is 0 Å². The Morgan fingerprint density at radius 2 is 1.90 bits per heavy atom. The van der Waals surface area contributed by atoms with Crippen LogP contribution in [0.25, 0.3) is 16.8 Å². The first kappa shape index (κ1) is 12.7. The summed E-state index contributed by atoms with van der Waals surface area (Å²) in [6.45, 7) is 6.03. The summed E-state index contributed by atoms with van der Waals surface area (Å²) in [5, 5.41) is 3.10. The maximum Gasteiger partial charge on any atom is 0.272 e. The zero-order valence-corrected chi connectivity index (χ0v) is 11.9. The van der Waals surface area contributed by atoms with Crippen LogP contribution in [0.3, 0.4) is 0 Å². The van der Waals surface area contributed by atoms with E-state index in [1.54, 1.807) is 6.07 Å². The summed E-state index contributed by atoms with van der Waals surface area (Å²) in [4.78, 5) is 16.7. The lowest BCUT2D eigenvalue weighted by Gasteiger charge is -2.02. The van der Waals surface area contributed by atoms with Crippen molar-refractivity contribution in [2.45, 2.75) is 27.2 Å². The molecular formula is C16H17N3O. The number of hydrogen-bond donors (Lipinski definition) is 1. The van der Waals surface area contributed by atoms with E-state index in [-0.39, 0.29) is 5.56 Å². The highest BCUT2D eigenvalue weighted by Gasteiger charge is 2.13. The van der Waals surface area contributed by atoms with Crippen molar-refractivity contribution in [1.29, 1.82) is 0 Å². The number of aryl methyl sites for hydroxylation is 3. The molecule has 3 rings (SSSR count). The van der Waals surface area contributed by atoms with Crippen molar-refractivity contribution in [2.24, 2.45) is 0 Å². The van der Waals surface area contributed by atoms with Gasteiger partial charge < -0.3 is 0 Å². The zero-order chi connectivity index (χ0) is 14.3. The van der Waals surface area contributed by atoms with Gasteiger partial charge in [0.1, 0.15) is 0 Å². The molecular weight excluding hydrogens is 250 g/mol. The second kappa shape index (κ2) is 4.63. The van der Waals surface area contributed by atoms with Gasteiger partial charge in [0.25, 0.3) is 5.56 Å². The molecule has 2 heterocycles. The summed E-state index contributed by atoms with van der Waals surface area (Å²) >= 11 is 0. The number of benzene rings is 1. The molecule has 20 heavy (non-hydrogen) atoms. The molecule has 0 atom stereocenters. The van der Waals surface area contributed by atoms with E-state index < -0.39 is 0 Å². The molecule has 0 spiro atoms. The topological polar surface area (TPSA) is 50.2 Å². The molecule has 0 bridgehead atoms. The molecule has 3 aromatic rings. The van der Waals surface area contributed by atoms with E-state index >= 15 is 0 Å². The third-order valence-electron chi connectivity index (χ3n) is 3.55. The van der Waals surface area contributed by atoms with Crippen LogP contribution in [0.5, 0.6) is 0 Å². The Morgan fingerprint density at radius 1 is 1.20 bits per heavy atom. The second-order valence-corrected chi connectivity index (χ2v) is 5.08. The summed E-state index contributed by atoms with van der Waals surface area (Å²) in [7, 11) is 0. The van der Waals surface area contributed by atoms with Crippen molar-refractivity contribution >= 4 is 5.65 Å². The largest absolute Gasteiger partial charge is 0.293 e. The minimum Gasteiger partial charge on any atom is -0.293 e. The molecule has 0 saturated carbocycles. The Kier molecular flexibility index (Phi) is 2.93. The predicted molar refractivity (Wildman–Crippen MR) is 80.1 cm³/mol. The van der Waals surface area contributed by atoms with E-state index in [1.807, 2.05) is 13.8 Å². The van der Waals surface area contributed by atoms with Crippen molar-refractivity contribution < 1.29 is 0 Å². The fourth-order valence-electron chi connectivity index (χ4n) is 2.44. The molecule has 4 nitrogen and oxygen atoms in total. The van der Waals surface area contributed by atoms with Gasteiger partial charge >= 0.3 is 0 Å². The van der Waals surface area contributed by atoms with Crippen LogP contribution in [0.1, 0.15) is 23.9 Å². The number of rotatable bonds is 2. The number of nitrogens with zero attached hydrogens (tertiary/aromatic N) is 2. The lowest BCUT2D eigenvalue weighted by molar-refractivity contribution is 0.862. The zero-order valence-electron chi connectivity index (χ0n) is 11.9. The van der Waals surface area contributed by atoms with E-state index in [9.17, 15) is 4.79 Å². The highest BCUT2D eigenvalue weighted by Crippen LogP contribution is 2.26. The summed E-state index contributed by atoms with van der Waals surface area (Å²) in [6.07, 6.45) is 0.753. The molecule has 1 aromatic carbocycles. The molecule has 0 aliphatic heterocycles.